The lowest BCUT2D eigenvalue weighted by Gasteiger charge is -2.11. The van der Waals surface area contributed by atoms with Crippen LogP contribution in [0.5, 0.6) is 0 Å². The first-order chi connectivity index (χ1) is 10.9. The fraction of sp³-hybridized carbons (Fsp3) is 0.647. The molecule has 1 aromatic rings. The molecule has 0 saturated heterocycles. The van der Waals surface area contributed by atoms with E-state index in [0.717, 1.165) is 50.8 Å². The van der Waals surface area contributed by atoms with Gasteiger partial charge in [0.2, 0.25) is 0 Å². The molecule has 0 radical (unpaired) electrons. The number of aliphatic imine (C=N–C) groups is 1. The zero-order valence-electron chi connectivity index (χ0n) is 14.1. The highest BCUT2D eigenvalue weighted by Crippen LogP contribution is 2.00. The molecule has 1 heterocycles. The van der Waals surface area contributed by atoms with Gasteiger partial charge in [0.1, 0.15) is 5.82 Å². The molecule has 0 aliphatic carbocycles. The van der Waals surface area contributed by atoms with Crippen molar-refractivity contribution in [3.8, 4) is 0 Å². The molecule has 0 aliphatic heterocycles. The highest BCUT2D eigenvalue weighted by atomic mass is 15.2. The van der Waals surface area contributed by atoms with Gasteiger partial charge in [0.15, 0.2) is 5.96 Å². The molecule has 1 rings (SSSR count). The molecule has 0 aliphatic rings. The van der Waals surface area contributed by atoms with Crippen LogP contribution in [0.2, 0.25) is 0 Å². The van der Waals surface area contributed by atoms with Crippen molar-refractivity contribution >= 4 is 11.8 Å². The number of pyridine rings is 1. The van der Waals surface area contributed by atoms with E-state index in [4.69, 9.17) is 0 Å². The third kappa shape index (κ3) is 9.21. The second-order valence-corrected chi connectivity index (χ2v) is 5.24. The largest absolute Gasteiger partial charge is 0.370 e. The summed E-state index contributed by atoms with van der Waals surface area (Å²) >= 11 is 0. The predicted octanol–water partition coefficient (Wildman–Crippen LogP) is 3.02. The first kappa shape index (κ1) is 18.3. The molecule has 124 valence electrons. The molecule has 0 unspecified atom stereocenters. The molecule has 0 spiro atoms. The van der Waals surface area contributed by atoms with E-state index >= 15 is 0 Å². The molecule has 1 aromatic heterocycles. The highest BCUT2D eigenvalue weighted by Gasteiger charge is 1.96. The van der Waals surface area contributed by atoms with Gasteiger partial charge >= 0.3 is 0 Å². The Kier molecular flexibility index (Phi) is 10.7. The van der Waals surface area contributed by atoms with Crippen molar-refractivity contribution in [2.45, 2.75) is 46.0 Å². The highest BCUT2D eigenvalue weighted by molar-refractivity contribution is 5.79. The van der Waals surface area contributed by atoms with Gasteiger partial charge < -0.3 is 16.0 Å². The summed E-state index contributed by atoms with van der Waals surface area (Å²) in [4.78, 5) is 8.83. The van der Waals surface area contributed by atoms with Gasteiger partial charge in [0.25, 0.3) is 0 Å². The summed E-state index contributed by atoms with van der Waals surface area (Å²) in [6.07, 6.45) is 7.69. The third-order valence-electron chi connectivity index (χ3n) is 3.24. The van der Waals surface area contributed by atoms with Crippen molar-refractivity contribution in [2.24, 2.45) is 4.99 Å². The molecule has 22 heavy (non-hydrogen) atoms. The van der Waals surface area contributed by atoms with Crippen molar-refractivity contribution in [3.63, 3.8) is 0 Å². The monoisotopic (exact) mass is 305 g/mol. The van der Waals surface area contributed by atoms with E-state index in [1.54, 1.807) is 0 Å². The van der Waals surface area contributed by atoms with Crippen LogP contribution in [0.3, 0.4) is 0 Å². The van der Waals surface area contributed by atoms with E-state index in [1.807, 2.05) is 24.4 Å². The molecule has 0 aromatic carbocycles. The number of aromatic nitrogens is 1. The van der Waals surface area contributed by atoms with Gasteiger partial charge in [-0.15, -0.1) is 0 Å². The van der Waals surface area contributed by atoms with Gasteiger partial charge in [-0.05, 0) is 38.3 Å². The minimum atomic E-state index is 0.904. The predicted molar refractivity (Wildman–Crippen MR) is 95.5 cm³/mol. The third-order valence-corrected chi connectivity index (χ3v) is 3.24. The Morgan fingerprint density at radius 2 is 1.91 bits per heavy atom. The molecule has 0 fully saturated rings. The zero-order chi connectivity index (χ0) is 15.9. The van der Waals surface area contributed by atoms with Gasteiger partial charge in [0, 0.05) is 32.4 Å². The lowest BCUT2D eigenvalue weighted by molar-refractivity contribution is 0.697. The lowest BCUT2D eigenvalue weighted by Crippen LogP contribution is -2.38. The average molecular weight is 305 g/mol. The van der Waals surface area contributed by atoms with E-state index < -0.39 is 0 Å². The van der Waals surface area contributed by atoms with E-state index in [0.29, 0.717) is 0 Å². The number of anilines is 1. The maximum Gasteiger partial charge on any atom is 0.191 e. The smallest absolute Gasteiger partial charge is 0.191 e. The van der Waals surface area contributed by atoms with Crippen molar-refractivity contribution < 1.29 is 0 Å². The molecule has 0 saturated carbocycles. The van der Waals surface area contributed by atoms with E-state index in [1.165, 1.54) is 19.3 Å². The second kappa shape index (κ2) is 12.9. The summed E-state index contributed by atoms with van der Waals surface area (Å²) in [7, 11) is 0. The fourth-order valence-electron chi connectivity index (χ4n) is 2.03. The van der Waals surface area contributed by atoms with Crippen molar-refractivity contribution in [3.05, 3.63) is 24.4 Å². The minimum absolute atomic E-state index is 0.904. The van der Waals surface area contributed by atoms with Crippen molar-refractivity contribution in [2.75, 3.05) is 31.5 Å². The number of guanidine groups is 1. The summed E-state index contributed by atoms with van der Waals surface area (Å²) in [6, 6.07) is 5.91. The van der Waals surface area contributed by atoms with Crippen LogP contribution < -0.4 is 16.0 Å². The van der Waals surface area contributed by atoms with E-state index in [2.05, 4.69) is 39.8 Å². The Balaban J connectivity index is 2.09. The number of hydrogen-bond acceptors (Lipinski definition) is 3. The fourth-order valence-corrected chi connectivity index (χ4v) is 2.03. The molecule has 0 amide bonds. The Bertz CT molecular complexity index is 391. The van der Waals surface area contributed by atoms with E-state index in [9.17, 15) is 0 Å². The van der Waals surface area contributed by atoms with Gasteiger partial charge in [-0.2, -0.15) is 0 Å². The Labute approximate surface area is 135 Å². The van der Waals surface area contributed by atoms with Crippen LogP contribution in [0.4, 0.5) is 5.82 Å². The number of unbranched alkanes of at least 4 members (excludes halogenated alkanes) is 3. The van der Waals surface area contributed by atoms with Gasteiger partial charge in [-0.25, -0.2) is 4.98 Å². The first-order valence-corrected chi connectivity index (χ1v) is 8.54. The maximum atomic E-state index is 4.59. The summed E-state index contributed by atoms with van der Waals surface area (Å²) in [5.74, 6) is 1.89. The summed E-state index contributed by atoms with van der Waals surface area (Å²) < 4.78 is 0. The summed E-state index contributed by atoms with van der Waals surface area (Å²) in [6.45, 7) is 8.02. The second-order valence-electron chi connectivity index (χ2n) is 5.24. The van der Waals surface area contributed by atoms with Crippen molar-refractivity contribution in [1.29, 1.82) is 0 Å². The van der Waals surface area contributed by atoms with Gasteiger partial charge in [-0.3, -0.25) is 4.99 Å². The standard InChI is InChI=1S/C17H31N5/c1-3-5-7-14-21-17(18-4-2)22-15-10-9-13-20-16-11-6-8-12-19-16/h6,8,11-12H,3-5,7,9-10,13-15H2,1-2H3,(H,19,20)(H2,18,21,22). The maximum absolute atomic E-state index is 4.59. The molecule has 3 N–H and O–H groups in total. The van der Waals surface area contributed by atoms with E-state index in [-0.39, 0.29) is 0 Å². The molecule has 5 nitrogen and oxygen atoms in total. The normalized spacial score (nSPS) is 11.3. The molecular weight excluding hydrogens is 274 g/mol. The van der Waals surface area contributed by atoms with Crippen LogP contribution in [0.25, 0.3) is 0 Å². The number of nitrogens with one attached hydrogen (secondary N) is 3. The first-order valence-electron chi connectivity index (χ1n) is 8.54. The lowest BCUT2D eigenvalue weighted by atomic mass is 10.2. The number of rotatable bonds is 11. The number of nitrogens with zero attached hydrogens (tertiary/aromatic N) is 2. The minimum Gasteiger partial charge on any atom is -0.370 e. The quantitative estimate of drug-likeness (QED) is 0.334. The van der Waals surface area contributed by atoms with Gasteiger partial charge in [0.05, 0.1) is 0 Å². The van der Waals surface area contributed by atoms with Crippen LogP contribution in [0, 0.1) is 0 Å². The topological polar surface area (TPSA) is 61.3 Å². The molecule has 0 bridgehead atoms. The molecule has 5 heteroatoms. The van der Waals surface area contributed by atoms with Gasteiger partial charge in [-0.1, -0.05) is 25.8 Å². The average Bonchev–Trinajstić information content (AvgIpc) is 2.55. The van der Waals surface area contributed by atoms with Crippen molar-refractivity contribution in [1.82, 2.24) is 15.6 Å². The number of hydrogen-bond donors (Lipinski definition) is 3. The summed E-state index contributed by atoms with van der Waals surface area (Å²) in [5.41, 5.74) is 0. The molecular formula is C17H31N5. The van der Waals surface area contributed by atoms with Crippen LogP contribution in [0.1, 0.15) is 46.0 Å². The zero-order valence-corrected chi connectivity index (χ0v) is 14.1. The van der Waals surface area contributed by atoms with Crippen LogP contribution in [-0.4, -0.2) is 37.1 Å². The Morgan fingerprint density at radius 3 is 2.64 bits per heavy atom. The van der Waals surface area contributed by atoms with Crippen LogP contribution in [-0.2, 0) is 0 Å². The Morgan fingerprint density at radius 1 is 1.05 bits per heavy atom. The van der Waals surface area contributed by atoms with Crippen LogP contribution >= 0.6 is 0 Å². The molecule has 0 atom stereocenters. The summed E-state index contributed by atoms with van der Waals surface area (Å²) in [5, 5.41) is 10.0. The SMILES string of the molecule is CCCCCN=C(NCC)NCCCCNc1ccccn1. The Hall–Kier alpha value is -1.78. The van der Waals surface area contributed by atoms with Crippen LogP contribution in [0.15, 0.2) is 29.4 Å².